The Balaban J connectivity index is 1.41. The minimum atomic E-state index is -1.11. The lowest BCUT2D eigenvalue weighted by Crippen LogP contribution is -2.62. The van der Waals surface area contributed by atoms with E-state index in [4.69, 9.17) is 0 Å². The number of ketones is 1. The van der Waals surface area contributed by atoms with Gasteiger partial charge < -0.3 is 26.2 Å². The molecule has 0 aromatic rings. The molecule has 310 valence electrons. The third-order valence-electron chi connectivity index (χ3n) is 13.9. The highest BCUT2D eigenvalue weighted by molar-refractivity contribution is 6.38. The molecule has 7 atom stereocenters. The molecule has 0 aromatic carbocycles. The van der Waals surface area contributed by atoms with Crippen LogP contribution in [0.1, 0.15) is 145 Å². The molecule has 0 radical (unpaired) electrons. The second-order valence-electron chi connectivity index (χ2n) is 18.8. The molecule has 2 aliphatic heterocycles. The van der Waals surface area contributed by atoms with Crippen molar-refractivity contribution >= 4 is 35.3 Å². The molecule has 0 aromatic heterocycles. The Labute approximate surface area is 328 Å². The second-order valence-corrected chi connectivity index (χ2v) is 18.8. The van der Waals surface area contributed by atoms with Gasteiger partial charge in [0.15, 0.2) is 0 Å². The van der Waals surface area contributed by atoms with E-state index >= 15 is 4.79 Å². The molecule has 2 saturated heterocycles. The number of likely N-dealkylation sites (N-methyl/N-ethyl adjacent to an activating group) is 1. The maximum Gasteiger partial charge on any atom is 0.289 e. The van der Waals surface area contributed by atoms with Gasteiger partial charge in [-0.2, -0.15) is 0 Å². The molecular formula is C42H69FN6O6. The quantitative estimate of drug-likeness (QED) is 0.170. The molecule has 3 aliphatic carbocycles. The molecule has 5 fully saturated rings. The fourth-order valence-electron chi connectivity index (χ4n) is 10.0. The fourth-order valence-corrected chi connectivity index (χ4v) is 10.0. The molecule has 5 rings (SSSR count). The van der Waals surface area contributed by atoms with E-state index in [1.807, 2.05) is 34.6 Å². The van der Waals surface area contributed by atoms with Gasteiger partial charge in [-0.1, -0.05) is 80.6 Å². The van der Waals surface area contributed by atoms with Crippen LogP contribution in [0.15, 0.2) is 0 Å². The maximum absolute atomic E-state index is 15.0. The van der Waals surface area contributed by atoms with Gasteiger partial charge in [-0.05, 0) is 86.5 Å². The van der Waals surface area contributed by atoms with Crippen LogP contribution in [0, 0.1) is 22.2 Å². The first kappa shape index (κ1) is 43.0. The standard InChI is InChI=1S/C42H69FN6O6/c1-8-15-29(33(50)38(54)44-28-18-19-28)45-36(52)31-23-41(7,42(9-2)20-14-21-42)25-49(31)39(55)34(40(4,5)6)47-37(53)32(26-16-12-11-13-17-26)46-35(51)30-22-27(43)24-48(30)10-3/h26-32,34H,8-25H2,1-7H3,(H,44,54)(H,45,52)(H,46,51)(H,47,53)/t27-,29+,30+,31+,32+,34-,41-/m1/s1. The van der Waals surface area contributed by atoms with Crippen LogP contribution in [0.2, 0.25) is 0 Å². The molecule has 2 heterocycles. The van der Waals surface area contributed by atoms with Crippen molar-refractivity contribution in [2.75, 3.05) is 19.6 Å². The summed E-state index contributed by atoms with van der Waals surface area (Å²) in [5.41, 5.74) is -1.22. The predicted octanol–water partition coefficient (Wildman–Crippen LogP) is 4.33. The Morgan fingerprint density at radius 1 is 0.855 bits per heavy atom. The lowest BCUT2D eigenvalue weighted by atomic mass is 9.52. The molecule has 13 heteroatoms. The fraction of sp³-hybridized carbons (Fsp3) is 0.857. The number of rotatable bonds is 16. The molecule has 5 aliphatic rings. The van der Waals surface area contributed by atoms with Gasteiger partial charge in [0.1, 0.15) is 24.3 Å². The van der Waals surface area contributed by atoms with Crippen molar-refractivity contribution in [1.29, 1.82) is 0 Å². The highest BCUT2D eigenvalue weighted by atomic mass is 19.1. The summed E-state index contributed by atoms with van der Waals surface area (Å²) >= 11 is 0. The number of Topliss-reactive ketones (excluding diaryl/α,β-unsaturated/α-hetero) is 1. The van der Waals surface area contributed by atoms with E-state index in [0.717, 1.165) is 70.6 Å². The average molecular weight is 773 g/mol. The number of alkyl halides is 1. The molecule has 12 nitrogen and oxygen atoms in total. The van der Waals surface area contributed by atoms with Gasteiger partial charge in [0.05, 0.1) is 12.1 Å². The predicted molar refractivity (Wildman–Crippen MR) is 208 cm³/mol. The minimum Gasteiger partial charge on any atom is -0.347 e. The van der Waals surface area contributed by atoms with E-state index in [9.17, 15) is 28.4 Å². The van der Waals surface area contributed by atoms with Gasteiger partial charge in [0.2, 0.25) is 29.4 Å². The SMILES string of the molecule is CCC[C@H](NC(=O)[C@@H]1C[C@@](C)(C2(CC)CCC2)CN1C(=O)[C@@H](NC(=O)[C@@H](NC(=O)[C@@H]1C[C@@H](F)CN1CC)C1CCCCC1)C(C)(C)C)C(=O)C(=O)NC1CC1. The minimum absolute atomic E-state index is 0.00222. The zero-order chi connectivity index (χ0) is 40.3. The van der Waals surface area contributed by atoms with Crippen molar-refractivity contribution in [3.8, 4) is 0 Å². The van der Waals surface area contributed by atoms with Gasteiger partial charge in [-0.25, -0.2) is 4.39 Å². The second kappa shape index (κ2) is 17.6. The number of amides is 5. The summed E-state index contributed by atoms with van der Waals surface area (Å²) in [4.78, 5) is 87.2. The van der Waals surface area contributed by atoms with Gasteiger partial charge in [-0.15, -0.1) is 0 Å². The van der Waals surface area contributed by atoms with E-state index in [1.165, 1.54) is 0 Å². The van der Waals surface area contributed by atoms with Crippen LogP contribution in [-0.4, -0.2) is 107 Å². The average Bonchev–Trinajstić information content (AvgIpc) is 3.74. The molecule has 0 unspecified atom stereocenters. The lowest BCUT2D eigenvalue weighted by Gasteiger charge is -2.53. The first-order valence-corrected chi connectivity index (χ1v) is 21.4. The summed E-state index contributed by atoms with van der Waals surface area (Å²) in [7, 11) is 0. The molecule has 0 spiro atoms. The highest BCUT2D eigenvalue weighted by Gasteiger charge is 2.59. The number of hydrogen-bond donors (Lipinski definition) is 4. The van der Waals surface area contributed by atoms with Gasteiger partial charge in [0.25, 0.3) is 5.91 Å². The number of carbonyl (C=O) groups excluding carboxylic acids is 6. The molecule has 0 bridgehead atoms. The first-order valence-electron chi connectivity index (χ1n) is 21.4. The monoisotopic (exact) mass is 773 g/mol. The largest absolute Gasteiger partial charge is 0.347 e. The van der Waals surface area contributed by atoms with Gasteiger partial charge >= 0.3 is 0 Å². The summed E-state index contributed by atoms with van der Waals surface area (Å²) in [6.45, 7) is 14.7. The van der Waals surface area contributed by atoms with Crippen LogP contribution >= 0.6 is 0 Å². The van der Waals surface area contributed by atoms with Crippen LogP contribution in [-0.2, 0) is 28.8 Å². The van der Waals surface area contributed by atoms with Crippen LogP contribution < -0.4 is 21.3 Å². The van der Waals surface area contributed by atoms with E-state index in [-0.39, 0.29) is 48.6 Å². The highest BCUT2D eigenvalue weighted by Crippen LogP contribution is 2.61. The van der Waals surface area contributed by atoms with Crippen molar-refractivity contribution < 1.29 is 33.2 Å². The Kier molecular flexibility index (Phi) is 13.8. The summed E-state index contributed by atoms with van der Waals surface area (Å²) < 4.78 is 14.5. The summed E-state index contributed by atoms with van der Waals surface area (Å²) in [5.74, 6) is -3.18. The number of nitrogens with zero attached hydrogens (tertiary/aromatic N) is 2. The molecular weight excluding hydrogens is 703 g/mol. The van der Waals surface area contributed by atoms with E-state index in [0.29, 0.717) is 25.9 Å². The number of nitrogens with one attached hydrogen (secondary N) is 4. The van der Waals surface area contributed by atoms with Crippen molar-refractivity contribution in [2.45, 2.75) is 187 Å². The Morgan fingerprint density at radius 2 is 1.51 bits per heavy atom. The molecule has 3 saturated carbocycles. The van der Waals surface area contributed by atoms with Crippen molar-refractivity contribution in [3.63, 3.8) is 0 Å². The van der Waals surface area contributed by atoms with E-state index < -0.39 is 70.7 Å². The summed E-state index contributed by atoms with van der Waals surface area (Å²) in [5, 5.41) is 11.7. The van der Waals surface area contributed by atoms with Crippen LogP contribution in [0.25, 0.3) is 0 Å². The Hall–Kier alpha value is -3.09. The Bertz CT molecular complexity index is 1430. The third kappa shape index (κ3) is 9.55. The van der Waals surface area contributed by atoms with Crippen LogP contribution in [0.4, 0.5) is 4.39 Å². The van der Waals surface area contributed by atoms with E-state index in [2.05, 4.69) is 35.1 Å². The first-order chi connectivity index (χ1) is 26.0. The lowest BCUT2D eigenvalue weighted by molar-refractivity contribution is -0.146. The number of halogens is 1. The number of hydrogen-bond acceptors (Lipinski definition) is 7. The summed E-state index contributed by atoms with van der Waals surface area (Å²) in [6.07, 6.45) is 10.3. The third-order valence-corrected chi connectivity index (χ3v) is 13.9. The summed E-state index contributed by atoms with van der Waals surface area (Å²) in [6, 6.07) is -4.53. The van der Waals surface area contributed by atoms with Gasteiger partial charge in [-0.3, -0.25) is 33.7 Å². The van der Waals surface area contributed by atoms with Crippen molar-refractivity contribution in [3.05, 3.63) is 0 Å². The Morgan fingerprint density at radius 3 is 2.05 bits per heavy atom. The maximum atomic E-state index is 15.0. The topological polar surface area (TPSA) is 157 Å². The molecule has 4 N–H and O–H groups in total. The van der Waals surface area contributed by atoms with E-state index in [1.54, 1.807) is 9.80 Å². The number of likely N-dealkylation sites (tertiary alicyclic amines) is 2. The molecule has 55 heavy (non-hydrogen) atoms. The molecule has 5 amide bonds. The van der Waals surface area contributed by atoms with Crippen molar-refractivity contribution in [1.82, 2.24) is 31.1 Å². The zero-order valence-corrected chi connectivity index (χ0v) is 34.6. The van der Waals surface area contributed by atoms with Crippen molar-refractivity contribution in [2.24, 2.45) is 22.2 Å². The van der Waals surface area contributed by atoms with Crippen LogP contribution in [0.3, 0.4) is 0 Å². The smallest absolute Gasteiger partial charge is 0.289 e. The van der Waals surface area contributed by atoms with Gasteiger partial charge in [0, 0.05) is 25.6 Å². The zero-order valence-electron chi connectivity index (χ0n) is 34.6. The number of carbonyl (C=O) groups is 6. The van der Waals surface area contributed by atoms with Crippen LogP contribution in [0.5, 0.6) is 0 Å². The normalized spacial score (nSPS) is 28.7.